The molecule has 1 heterocycles. The molecule has 100 valence electrons. The number of carboxylic acid groups (broad SMARTS) is 1. The quantitative estimate of drug-likeness (QED) is 0.757. The normalized spacial score (nSPS) is 12.3. The molecule has 1 aromatic heterocycles. The summed E-state index contributed by atoms with van der Waals surface area (Å²) in [5.74, 6) is -1.26. The molecule has 3 N–H and O–H groups in total. The molecule has 7 nitrogen and oxygen atoms in total. The second kappa shape index (κ2) is 5.05. The lowest BCUT2D eigenvalue weighted by molar-refractivity contribution is -0.137. The highest BCUT2D eigenvalue weighted by Crippen LogP contribution is 2.16. The van der Waals surface area contributed by atoms with Crippen LogP contribution in [0.1, 0.15) is 29.3 Å². The van der Waals surface area contributed by atoms with Crippen molar-refractivity contribution < 1.29 is 14.7 Å². The summed E-state index contributed by atoms with van der Waals surface area (Å²) in [5, 5.41) is 21.6. The molecule has 0 aliphatic rings. The van der Waals surface area contributed by atoms with E-state index in [9.17, 15) is 9.59 Å². The lowest BCUT2D eigenvalue weighted by Crippen LogP contribution is -2.34. The molecule has 0 spiro atoms. The number of H-pyrrole nitrogens is 1. The van der Waals surface area contributed by atoms with Crippen molar-refractivity contribution in [3.63, 3.8) is 0 Å². The molecule has 1 amide bonds. The number of benzene rings is 1. The van der Waals surface area contributed by atoms with Gasteiger partial charge in [-0.1, -0.05) is 5.21 Å². The van der Waals surface area contributed by atoms with E-state index in [0.717, 1.165) is 11.1 Å². The molecule has 0 fully saturated rings. The molecule has 0 bridgehead atoms. The Bertz CT molecular complexity index is 635. The van der Waals surface area contributed by atoms with Crippen molar-refractivity contribution in [3.05, 3.63) is 23.3 Å². The van der Waals surface area contributed by atoms with Crippen LogP contribution < -0.4 is 5.32 Å². The Morgan fingerprint density at radius 1 is 1.47 bits per heavy atom. The molecule has 0 saturated carbocycles. The summed E-state index contributed by atoms with van der Waals surface area (Å²) >= 11 is 0. The minimum Gasteiger partial charge on any atom is -0.481 e. The molecular weight excluding hydrogens is 248 g/mol. The van der Waals surface area contributed by atoms with E-state index < -0.39 is 12.0 Å². The maximum Gasteiger partial charge on any atom is 0.305 e. The minimum absolute atomic E-state index is 0.113. The number of aromatic amines is 1. The number of amides is 1. The van der Waals surface area contributed by atoms with Crippen molar-refractivity contribution >= 4 is 22.9 Å². The maximum absolute atomic E-state index is 12.0. The van der Waals surface area contributed by atoms with E-state index in [1.54, 1.807) is 19.1 Å². The van der Waals surface area contributed by atoms with Gasteiger partial charge in [-0.15, -0.1) is 5.10 Å². The number of carbonyl (C=O) groups excluding carboxylic acids is 1. The second-order valence-electron chi connectivity index (χ2n) is 4.47. The van der Waals surface area contributed by atoms with E-state index in [1.165, 1.54) is 0 Å². The Morgan fingerprint density at radius 3 is 2.89 bits per heavy atom. The predicted molar refractivity (Wildman–Crippen MR) is 67.8 cm³/mol. The fraction of sp³-hybridized carbons (Fsp3) is 0.333. The molecule has 1 unspecified atom stereocenters. The van der Waals surface area contributed by atoms with Crippen LogP contribution in [0.15, 0.2) is 12.1 Å². The highest BCUT2D eigenvalue weighted by Gasteiger charge is 2.14. The number of carbonyl (C=O) groups is 2. The molecule has 0 saturated heterocycles. The summed E-state index contributed by atoms with van der Waals surface area (Å²) in [6, 6.07) is 2.92. The van der Waals surface area contributed by atoms with Crippen molar-refractivity contribution in [1.29, 1.82) is 0 Å². The van der Waals surface area contributed by atoms with Crippen LogP contribution in [0, 0.1) is 6.92 Å². The van der Waals surface area contributed by atoms with Gasteiger partial charge in [0.2, 0.25) is 0 Å². The van der Waals surface area contributed by atoms with Gasteiger partial charge >= 0.3 is 5.97 Å². The number of aromatic nitrogens is 3. The molecule has 1 atom stereocenters. The Hall–Kier alpha value is -2.44. The molecular formula is C12H14N4O3. The first kappa shape index (κ1) is 13.0. The van der Waals surface area contributed by atoms with E-state index in [0.29, 0.717) is 11.1 Å². The van der Waals surface area contributed by atoms with Crippen LogP contribution in [0.25, 0.3) is 11.0 Å². The molecule has 0 aliphatic carbocycles. The summed E-state index contributed by atoms with van der Waals surface area (Å²) in [7, 11) is 0. The van der Waals surface area contributed by atoms with Gasteiger partial charge in [-0.25, -0.2) is 0 Å². The SMILES string of the molecule is Cc1cc(C(=O)NC(C)CC(=O)O)cc2[nH]nnc12. The standard InChI is InChI=1S/C12H14N4O3/c1-6-3-8(5-9-11(6)15-16-14-9)12(19)13-7(2)4-10(17)18/h3,5,7H,4H2,1-2H3,(H,13,19)(H,17,18)(H,14,15,16). The van der Waals surface area contributed by atoms with Crippen LogP contribution in [0.4, 0.5) is 0 Å². The third kappa shape index (κ3) is 2.87. The van der Waals surface area contributed by atoms with Crippen LogP contribution in [-0.4, -0.2) is 38.4 Å². The lowest BCUT2D eigenvalue weighted by Gasteiger charge is -2.11. The zero-order valence-electron chi connectivity index (χ0n) is 10.6. The number of carboxylic acids is 1. The number of aliphatic carboxylic acids is 1. The van der Waals surface area contributed by atoms with Crippen LogP contribution in [0.5, 0.6) is 0 Å². The third-order valence-corrected chi connectivity index (χ3v) is 2.74. The maximum atomic E-state index is 12.0. The van der Waals surface area contributed by atoms with Crippen molar-refractivity contribution in [1.82, 2.24) is 20.7 Å². The fourth-order valence-corrected chi connectivity index (χ4v) is 1.88. The third-order valence-electron chi connectivity index (χ3n) is 2.74. The van der Waals surface area contributed by atoms with Gasteiger partial charge < -0.3 is 10.4 Å². The Morgan fingerprint density at radius 2 is 2.21 bits per heavy atom. The van der Waals surface area contributed by atoms with Crippen molar-refractivity contribution in [2.24, 2.45) is 0 Å². The zero-order chi connectivity index (χ0) is 14.0. The van der Waals surface area contributed by atoms with Crippen LogP contribution >= 0.6 is 0 Å². The van der Waals surface area contributed by atoms with E-state index in [1.807, 2.05) is 6.92 Å². The van der Waals surface area contributed by atoms with Gasteiger partial charge in [0.15, 0.2) is 0 Å². The van der Waals surface area contributed by atoms with Gasteiger partial charge in [0.25, 0.3) is 5.91 Å². The molecule has 0 aliphatic heterocycles. The Kier molecular flexibility index (Phi) is 3.46. The predicted octanol–water partition coefficient (Wildman–Crippen LogP) is 0.859. The van der Waals surface area contributed by atoms with E-state index in [4.69, 9.17) is 5.11 Å². The molecule has 1 aromatic carbocycles. The highest BCUT2D eigenvalue weighted by atomic mass is 16.4. The summed E-state index contributed by atoms with van der Waals surface area (Å²) < 4.78 is 0. The largest absolute Gasteiger partial charge is 0.481 e. The van der Waals surface area contributed by atoms with E-state index in [2.05, 4.69) is 20.7 Å². The van der Waals surface area contributed by atoms with Gasteiger partial charge in [-0.05, 0) is 31.5 Å². The average Bonchev–Trinajstić information content (AvgIpc) is 2.76. The molecule has 0 radical (unpaired) electrons. The van der Waals surface area contributed by atoms with Gasteiger partial charge in [-0.2, -0.15) is 0 Å². The summed E-state index contributed by atoms with van der Waals surface area (Å²) in [6.07, 6.45) is -0.113. The number of hydrogen-bond acceptors (Lipinski definition) is 4. The highest BCUT2D eigenvalue weighted by molar-refractivity contribution is 5.98. The van der Waals surface area contributed by atoms with Gasteiger partial charge in [0, 0.05) is 11.6 Å². The molecule has 2 rings (SSSR count). The van der Waals surface area contributed by atoms with Crippen molar-refractivity contribution in [3.8, 4) is 0 Å². The number of hydrogen-bond donors (Lipinski definition) is 3. The molecule has 19 heavy (non-hydrogen) atoms. The molecule has 2 aromatic rings. The van der Waals surface area contributed by atoms with Gasteiger partial charge in [-0.3, -0.25) is 14.7 Å². The van der Waals surface area contributed by atoms with Crippen LogP contribution in [0.2, 0.25) is 0 Å². The molecule has 7 heteroatoms. The first-order valence-corrected chi connectivity index (χ1v) is 5.81. The number of nitrogens with one attached hydrogen (secondary N) is 2. The van der Waals surface area contributed by atoms with Crippen molar-refractivity contribution in [2.75, 3.05) is 0 Å². The number of fused-ring (bicyclic) bond motifs is 1. The smallest absolute Gasteiger partial charge is 0.305 e. The Balaban J connectivity index is 2.19. The first-order valence-electron chi connectivity index (χ1n) is 5.81. The number of nitrogens with zero attached hydrogens (tertiary/aromatic N) is 2. The summed E-state index contributed by atoms with van der Waals surface area (Å²) in [5.41, 5.74) is 2.68. The second-order valence-corrected chi connectivity index (χ2v) is 4.47. The topological polar surface area (TPSA) is 108 Å². The van der Waals surface area contributed by atoms with Gasteiger partial charge in [0.05, 0.1) is 11.9 Å². The van der Waals surface area contributed by atoms with Crippen LogP contribution in [-0.2, 0) is 4.79 Å². The first-order chi connectivity index (χ1) is 8.97. The van der Waals surface area contributed by atoms with Crippen LogP contribution in [0.3, 0.4) is 0 Å². The van der Waals surface area contributed by atoms with Gasteiger partial charge in [0.1, 0.15) is 5.52 Å². The zero-order valence-corrected chi connectivity index (χ0v) is 10.6. The summed E-state index contributed by atoms with van der Waals surface area (Å²) in [6.45, 7) is 3.48. The average molecular weight is 262 g/mol. The fourth-order valence-electron chi connectivity index (χ4n) is 1.88. The number of rotatable bonds is 4. The van der Waals surface area contributed by atoms with Crippen molar-refractivity contribution in [2.45, 2.75) is 26.3 Å². The monoisotopic (exact) mass is 262 g/mol. The van der Waals surface area contributed by atoms with E-state index in [-0.39, 0.29) is 12.3 Å². The Labute approximate surface area is 109 Å². The summed E-state index contributed by atoms with van der Waals surface area (Å²) in [4.78, 5) is 22.5. The minimum atomic E-state index is -0.947. The van der Waals surface area contributed by atoms with E-state index >= 15 is 0 Å². The lowest BCUT2D eigenvalue weighted by atomic mass is 10.1. The number of aryl methyl sites for hydroxylation is 1.